The lowest BCUT2D eigenvalue weighted by Gasteiger charge is -2.23. The molecule has 2 N–H and O–H groups in total. The van der Waals surface area contributed by atoms with Gasteiger partial charge in [-0.25, -0.2) is 4.68 Å². The van der Waals surface area contributed by atoms with Crippen LogP contribution in [0.5, 0.6) is 5.75 Å². The van der Waals surface area contributed by atoms with Gasteiger partial charge in [0.25, 0.3) is 0 Å². The van der Waals surface area contributed by atoms with Crippen LogP contribution in [0.15, 0.2) is 90.1 Å². The van der Waals surface area contributed by atoms with Crippen LogP contribution < -0.4 is 10.6 Å². The zero-order valence-corrected chi connectivity index (χ0v) is 19.8. The van der Waals surface area contributed by atoms with Gasteiger partial charge in [0.1, 0.15) is 5.75 Å². The Hall–Kier alpha value is -3.78. The van der Waals surface area contributed by atoms with Crippen molar-refractivity contribution < 1.29 is 9.53 Å². The van der Waals surface area contributed by atoms with Gasteiger partial charge in [0, 0.05) is 18.7 Å². The maximum Gasteiger partial charge on any atom is 0.233 e. The molecular weight excluding hydrogens is 446 g/mol. The van der Waals surface area contributed by atoms with Crippen LogP contribution in [0.25, 0.3) is 11.4 Å². The number of nitrogen functional groups attached to an aromatic ring is 1. The van der Waals surface area contributed by atoms with Crippen molar-refractivity contribution in [2.24, 2.45) is 0 Å². The Bertz CT molecular complexity index is 1200. The maximum absolute atomic E-state index is 13.2. The van der Waals surface area contributed by atoms with Crippen LogP contribution in [-0.4, -0.2) is 45.1 Å². The van der Waals surface area contributed by atoms with Gasteiger partial charge in [-0.3, -0.25) is 4.79 Å². The lowest BCUT2D eigenvalue weighted by molar-refractivity contribution is -0.128. The van der Waals surface area contributed by atoms with Crippen LogP contribution in [0.4, 0.5) is 0 Å². The van der Waals surface area contributed by atoms with Gasteiger partial charge in [0.05, 0.1) is 12.9 Å². The van der Waals surface area contributed by atoms with Crippen LogP contribution in [0, 0.1) is 0 Å². The molecule has 0 aliphatic carbocycles. The highest BCUT2D eigenvalue weighted by Gasteiger charge is 2.18. The summed E-state index contributed by atoms with van der Waals surface area (Å²) >= 11 is 1.29. The van der Waals surface area contributed by atoms with Crippen LogP contribution in [0.3, 0.4) is 0 Å². The molecule has 0 aliphatic rings. The highest BCUT2D eigenvalue weighted by molar-refractivity contribution is 7.99. The summed E-state index contributed by atoms with van der Waals surface area (Å²) in [6, 6.07) is 27.6. The van der Waals surface area contributed by atoms with E-state index in [2.05, 4.69) is 22.3 Å². The minimum atomic E-state index is 0.0266. The number of hydrogen-bond donors (Lipinski definition) is 1. The monoisotopic (exact) mass is 473 g/mol. The second kappa shape index (κ2) is 11.4. The fraction of sp³-hybridized carbons (Fsp3) is 0.192. The molecule has 0 saturated heterocycles. The Balaban J connectivity index is 1.43. The summed E-state index contributed by atoms with van der Waals surface area (Å²) in [6.45, 7) is 1.18. The molecule has 0 fully saturated rings. The molecule has 4 aromatic rings. The zero-order chi connectivity index (χ0) is 23.8. The summed E-state index contributed by atoms with van der Waals surface area (Å²) < 4.78 is 6.62. The lowest BCUT2D eigenvalue weighted by Crippen LogP contribution is -2.34. The van der Waals surface area contributed by atoms with E-state index in [0.717, 1.165) is 23.3 Å². The molecule has 174 valence electrons. The number of hydrogen-bond acceptors (Lipinski definition) is 6. The first-order chi connectivity index (χ1) is 16.6. The van der Waals surface area contributed by atoms with E-state index in [1.807, 2.05) is 77.7 Å². The third-order valence-electron chi connectivity index (χ3n) is 5.42. The van der Waals surface area contributed by atoms with Crippen LogP contribution in [0.2, 0.25) is 0 Å². The second-order valence-electron chi connectivity index (χ2n) is 7.73. The molecular formula is C26H27N5O2S. The van der Waals surface area contributed by atoms with Gasteiger partial charge >= 0.3 is 0 Å². The van der Waals surface area contributed by atoms with E-state index in [-0.39, 0.29) is 11.7 Å². The number of methoxy groups -OCH3 is 1. The Morgan fingerprint density at radius 1 is 0.941 bits per heavy atom. The third-order valence-corrected chi connectivity index (χ3v) is 6.35. The summed E-state index contributed by atoms with van der Waals surface area (Å²) in [5.74, 6) is 7.77. The number of thioether (sulfide) groups is 1. The normalized spacial score (nSPS) is 10.7. The highest BCUT2D eigenvalue weighted by Crippen LogP contribution is 2.24. The lowest BCUT2D eigenvalue weighted by atomic mass is 10.1. The van der Waals surface area contributed by atoms with Crippen molar-refractivity contribution in [1.29, 1.82) is 0 Å². The Morgan fingerprint density at radius 2 is 1.59 bits per heavy atom. The number of aromatic nitrogens is 3. The van der Waals surface area contributed by atoms with Crippen LogP contribution in [-0.2, 0) is 17.8 Å². The minimum absolute atomic E-state index is 0.0266. The standard InChI is InChI=1S/C26H27N5O2S/c1-33-23-14-12-22(13-15-23)25-28-29-26(31(25)27)34-19-24(32)30(18-21-10-6-3-7-11-21)17-16-20-8-4-2-5-9-20/h2-15H,16-19,27H2,1H3. The van der Waals surface area contributed by atoms with E-state index in [0.29, 0.717) is 24.1 Å². The van der Waals surface area contributed by atoms with E-state index in [9.17, 15) is 4.79 Å². The molecule has 1 amide bonds. The molecule has 7 nitrogen and oxygen atoms in total. The number of carbonyl (C=O) groups is 1. The molecule has 0 bridgehead atoms. The van der Waals surface area contributed by atoms with Gasteiger partial charge < -0.3 is 15.5 Å². The van der Waals surface area contributed by atoms with E-state index in [1.54, 1.807) is 7.11 Å². The number of benzene rings is 3. The van der Waals surface area contributed by atoms with Gasteiger partial charge in [0.15, 0.2) is 5.82 Å². The van der Waals surface area contributed by atoms with Crippen molar-refractivity contribution in [2.45, 2.75) is 18.1 Å². The number of carbonyl (C=O) groups excluding carboxylic acids is 1. The molecule has 1 heterocycles. The van der Waals surface area contributed by atoms with Gasteiger partial charge in [-0.2, -0.15) is 0 Å². The van der Waals surface area contributed by atoms with Crippen LogP contribution >= 0.6 is 11.8 Å². The first-order valence-corrected chi connectivity index (χ1v) is 12.0. The van der Waals surface area contributed by atoms with Crippen molar-refractivity contribution in [3.63, 3.8) is 0 Å². The van der Waals surface area contributed by atoms with Gasteiger partial charge in [-0.05, 0) is 41.8 Å². The summed E-state index contributed by atoms with van der Waals surface area (Å²) in [5.41, 5.74) is 3.12. The zero-order valence-electron chi connectivity index (χ0n) is 19.0. The number of nitrogens with zero attached hydrogens (tertiary/aromatic N) is 4. The predicted octanol–water partition coefficient (Wildman–Crippen LogP) is 4.03. The second-order valence-corrected chi connectivity index (χ2v) is 8.67. The SMILES string of the molecule is COc1ccc(-c2nnc(SCC(=O)N(CCc3ccccc3)Cc3ccccc3)n2N)cc1. The first kappa shape index (κ1) is 23.4. The van der Waals surface area contributed by atoms with Crippen LogP contribution in [0.1, 0.15) is 11.1 Å². The fourth-order valence-electron chi connectivity index (χ4n) is 3.53. The van der Waals surface area contributed by atoms with Crippen molar-refractivity contribution in [3.8, 4) is 17.1 Å². The van der Waals surface area contributed by atoms with Gasteiger partial charge in [-0.15, -0.1) is 10.2 Å². The minimum Gasteiger partial charge on any atom is -0.497 e. The predicted molar refractivity (Wildman–Crippen MR) is 135 cm³/mol. The number of nitrogens with two attached hydrogens (primary N) is 1. The Labute approximate surface area is 203 Å². The first-order valence-electron chi connectivity index (χ1n) is 11.0. The van der Waals surface area contributed by atoms with E-state index in [1.165, 1.54) is 22.0 Å². The molecule has 8 heteroatoms. The molecule has 0 spiro atoms. The van der Waals surface area contributed by atoms with Crippen molar-refractivity contribution >= 4 is 17.7 Å². The fourth-order valence-corrected chi connectivity index (χ4v) is 4.29. The molecule has 34 heavy (non-hydrogen) atoms. The van der Waals surface area contributed by atoms with Crippen molar-refractivity contribution in [2.75, 3.05) is 25.3 Å². The smallest absolute Gasteiger partial charge is 0.233 e. The average molecular weight is 474 g/mol. The highest BCUT2D eigenvalue weighted by atomic mass is 32.2. The number of amides is 1. The maximum atomic E-state index is 13.2. The molecule has 4 rings (SSSR count). The molecule has 0 aliphatic heterocycles. The third kappa shape index (κ3) is 5.96. The number of ether oxygens (including phenoxy) is 1. The summed E-state index contributed by atoms with van der Waals surface area (Å²) in [6.07, 6.45) is 0.790. The number of rotatable bonds is 10. The summed E-state index contributed by atoms with van der Waals surface area (Å²) in [7, 11) is 1.62. The largest absolute Gasteiger partial charge is 0.497 e. The molecule has 0 radical (unpaired) electrons. The summed E-state index contributed by atoms with van der Waals surface area (Å²) in [5, 5.41) is 8.89. The van der Waals surface area contributed by atoms with Crippen molar-refractivity contribution in [3.05, 3.63) is 96.1 Å². The molecule has 0 atom stereocenters. The molecule has 1 aromatic heterocycles. The van der Waals surface area contributed by atoms with Gasteiger partial charge in [-0.1, -0.05) is 72.4 Å². The Morgan fingerprint density at radius 3 is 2.24 bits per heavy atom. The topological polar surface area (TPSA) is 86.3 Å². The van der Waals surface area contributed by atoms with Crippen molar-refractivity contribution in [1.82, 2.24) is 19.8 Å². The quantitative estimate of drug-likeness (QED) is 0.276. The molecule has 3 aromatic carbocycles. The van der Waals surface area contributed by atoms with E-state index in [4.69, 9.17) is 10.6 Å². The van der Waals surface area contributed by atoms with Gasteiger partial charge in [0.2, 0.25) is 11.1 Å². The summed E-state index contributed by atoms with van der Waals surface area (Å²) in [4.78, 5) is 15.1. The molecule has 0 unspecified atom stereocenters. The van der Waals surface area contributed by atoms with E-state index >= 15 is 0 Å². The average Bonchev–Trinajstić information content (AvgIpc) is 3.26. The van der Waals surface area contributed by atoms with E-state index < -0.39 is 0 Å². The Kier molecular flexibility index (Phi) is 7.83. The molecule has 0 saturated carbocycles.